The molecule has 8 nitrogen and oxygen atoms in total. The maximum atomic E-state index is 12.9. The molecule has 0 aromatic heterocycles. The van der Waals surface area contributed by atoms with E-state index in [1.807, 2.05) is 0 Å². The molecule has 0 spiro atoms. The molecular formula is C17H19NO7S. The zero-order valence-electron chi connectivity index (χ0n) is 14.4. The second-order valence-corrected chi connectivity index (χ2v) is 8.20. The van der Waals surface area contributed by atoms with Crippen LogP contribution in [-0.4, -0.2) is 56.8 Å². The Bertz CT molecular complexity index is 845. The standard InChI is InChI=1S/C17H19NO7S/c1-17(2)24-15(19)13(16(20)25-17)11-12-5-3-4-6-14(12)26(21,22)18-7-9-23-10-8-18/h3-6,11H,7-10H2,1-2H3. The topological polar surface area (TPSA) is 99.2 Å². The van der Waals surface area contributed by atoms with Gasteiger partial charge in [-0.15, -0.1) is 0 Å². The lowest BCUT2D eigenvalue weighted by Crippen LogP contribution is -2.42. The van der Waals surface area contributed by atoms with Gasteiger partial charge in [-0.05, 0) is 17.7 Å². The summed E-state index contributed by atoms with van der Waals surface area (Å²) in [4.78, 5) is 24.2. The van der Waals surface area contributed by atoms with Gasteiger partial charge in [-0.1, -0.05) is 18.2 Å². The van der Waals surface area contributed by atoms with Crippen LogP contribution < -0.4 is 0 Å². The molecule has 0 atom stereocenters. The third-order valence-corrected chi connectivity index (χ3v) is 5.90. The summed E-state index contributed by atoms with van der Waals surface area (Å²) in [7, 11) is -3.80. The minimum Gasteiger partial charge on any atom is -0.419 e. The van der Waals surface area contributed by atoms with Crippen LogP contribution in [0.4, 0.5) is 0 Å². The Labute approximate surface area is 151 Å². The molecule has 140 valence electrons. The average Bonchev–Trinajstić information content (AvgIpc) is 2.58. The first kappa shape index (κ1) is 18.6. The van der Waals surface area contributed by atoms with E-state index in [-0.39, 0.29) is 29.1 Å². The lowest BCUT2D eigenvalue weighted by atomic mass is 10.1. The van der Waals surface area contributed by atoms with Crippen LogP contribution in [0.3, 0.4) is 0 Å². The lowest BCUT2D eigenvalue weighted by Gasteiger charge is -2.30. The van der Waals surface area contributed by atoms with Crippen LogP contribution >= 0.6 is 0 Å². The number of hydrogen-bond donors (Lipinski definition) is 0. The maximum Gasteiger partial charge on any atom is 0.348 e. The van der Waals surface area contributed by atoms with E-state index in [4.69, 9.17) is 14.2 Å². The molecule has 2 fully saturated rings. The number of hydrogen-bond acceptors (Lipinski definition) is 7. The molecule has 0 amide bonds. The zero-order chi connectivity index (χ0) is 18.9. The van der Waals surface area contributed by atoms with Gasteiger partial charge in [0.05, 0.1) is 18.1 Å². The number of benzene rings is 1. The Morgan fingerprint density at radius 3 is 2.23 bits per heavy atom. The molecule has 2 aliphatic heterocycles. The van der Waals surface area contributed by atoms with Crippen LogP contribution in [0.15, 0.2) is 34.7 Å². The summed E-state index contributed by atoms with van der Waals surface area (Å²) in [5.41, 5.74) is -0.142. The first-order chi connectivity index (χ1) is 12.2. The van der Waals surface area contributed by atoms with Crippen molar-refractivity contribution in [2.75, 3.05) is 26.3 Å². The number of rotatable bonds is 3. The van der Waals surface area contributed by atoms with Crippen molar-refractivity contribution in [3.63, 3.8) is 0 Å². The van der Waals surface area contributed by atoms with Crippen molar-refractivity contribution in [3.05, 3.63) is 35.4 Å². The van der Waals surface area contributed by atoms with Crippen LogP contribution in [0.25, 0.3) is 6.08 Å². The fraction of sp³-hybridized carbons (Fsp3) is 0.412. The summed E-state index contributed by atoms with van der Waals surface area (Å²) in [6, 6.07) is 6.14. The molecule has 0 bridgehead atoms. The van der Waals surface area contributed by atoms with Gasteiger partial charge in [0, 0.05) is 26.9 Å². The van der Waals surface area contributed by atoms with E-state index in [9.17, 15) is 18.0 Å². The molecule has 9 heteroatoms. The predicted octanol–water partition coefficient (Wildman–Crippen LogP) is 0.927. The Morgan fingerprint density at radius 1 is 1.04 bits per heavy atom. The fourth-order valence-electron chi connectivity index (χ4n) is 2.69. The number of nitrogens with zero attached hydrogens (tertiary/aromatic N) is 1. The highest BCUT2D eigenvalue weighted by atomic mass is 32.2. The molecule has 3 rings (SSSR count). The van der Waals surface area contributed by atoms with Gasteiger partial charge < -0.3 is 14.2 Å². The summed E-state index contributed by atoms with van der Waals surface area (Å²) >= 11 is 0. The normalized spacial score (nSPS) is 21.1. The first-order valence-corrected chi connectivity index (χ1v) is 9.50. The van der Waals surface area contributed by atoms with Crippen LogP contribution in [0.1, 0.15) is 19.4 Å². The van der Waals surface area contributed by atoms with Crippen LogP contribution in [0, 0.1) is 0 Å². The van der Waals surface area contributed by atoms with E-state index >= 15 is 0 Å². The van der Waals surface area contributed by atoms with E-state index in [1.165, 1.54) is 36.4 Å². The Balaban J connectivity index is 2.00. The Kier molecular flexibility index (Phi) is 4.87. The summed E-state index contributed by atoms with van der Waals surface area (Å²) in [6.45, 7) is 4.00. The van der Waals surface area contributed by atoms with Gasteiger partial charge >= 0.3 is 11.9 Å². The van der Waals surface area contributed by atoms with E-state index < -0.39 is 27.7 Å². The molecule has 2 aliphatic rings. The van der Waals surface area contributed by atoms with Crippen LogP contribution in [-0.2, 0) is 33.8 Å². The highest BCUT2D eigenvalue weighted by Gasteiger charge is 2.39. The van der Waals surface area contributed by atoms with Crippen molar-refractivity contribution in [2.24, 2.45) is 0 Å². The highest BCUT2D eigenvalue weighted by molar-refractivity contribution is 7.89. The lowest BCUT2D eigenvalue weighted by molar-refractivity contribution is -0.222. The van der Waals surface area contributed by atoms with Gasteiger partial charge in [-0.25, -0.2) is 18.0 Å². The molecule has 2 heterocycles. The van der Waals surface area contributed by atoms with E-state index in [0.717, 1.165) is 0 Å². The summed E-state index contributed by atoms with van der Waals surface area (Å²) in [5, 5.41) is 0. The van der Waals surface area contributed by atoms with E-state index in [0.29, 0.717) is 13.2 Å². The first-order valence-electron chi connectivity index (χ1n) is 8.06. The molecule has 0 radical (unpaired) electrons. The minimum absolute atomic E-state index is 0.000154. The number of cyclic esters (lactones) is 2. The van der Waals surface area contributed by atoms with Gasteiger partial charge in [-0.2, -0.15) is 4.31 Å². The van der Waals surface area contributed by atoms with E-state index in [1.54, 1.807) is 12.1 Å². The van der Waals surface area contributed by atoms with E-state index in [2.05, 4.69) is 0 Å². The molecule has 0 aliphatic carbocycles. The second kappa shape index (κ2) is 6.82. The van der Waals surface area contributed by atoms with Gasteiger partial charge in [0.25, 0.3) is 5.79 Å². The van der Waals surface area contributed by atoms with Crippen molar-refractivity contribution in [2.45, 2.75) is 24.5 Å². The number of esters is 2. The molecule has 0 N–H and O–H groups in total. The van der Waals surface area contributed by atoms with Crippen molar-refractivity contribution >= 4 is 28.0 Å². The molecule has 0 saturated carbocycles. The smallest absolute Gasteiger partial charge is 0.348 e. The van der Waals surface area contributed by atoms with Gasteiger partial charge in [0.15, 0.2) is 0 Å². The summed E-state index contributed by atoms with van der Waals surface area (Å²) in [6.07, 6.45) is 1.19. The number of sulfonamides is 1. The van der Waals surface area contributed by atoms with Crippen molar-refractivity contribution in [1.29, 1.82) is 0 Å². The van der Waals surface area contributed by atoms with Crippen molar-refractivity contribution in [3.8, 4) is 0 Å². The van der Waals surface area contributed by atoms with Crippen LogP contribution in [0.2, 0.25) is 0 Å². The predicted molar refractivity (Wildman–Crippen MR) is 90.3 cm³/mol. The summed E-state index contributed by atoms with van der Waals surface area (Å²) in [5.74, 6) is -3.07. The highest BCUT2D eigenvalue weighted by Crippen LogP contribution is 2.27. The van der Waals surface area contributed by atoms with Gasteiger partial charge in [0.1, 0.15) is 5.57 Å². The minimum atomic E-state index is -3.80. The van der Waals surface area contributed by atoms with Crippen molar-refractivity contribution < 1.29 is 32.2 Å². The number of morpholine rings is 1. The molecule has 2 saturated heterocycles. The van der Waals surface area contributed by atoms with Gasteiger partial charge in [0.2, 0.25) is 10.0 Å². The fourth-order valence-corrected chi connectivity index (χ4v) is 4.28. The summed E-state index contributed by atoms with van der Waals surface area (Å²) < 4.78 is 42.4. The SMILES string of the molecule is CC1(C)OC(=O)C(=Cc2ccccc2S(=O)(=O)N2CCOCC2)C(=O)O1. The zero-order valence-corrected chi connectivity index (χ0v) is 15.2. The monoisotopic (exact) mass is 381 g/mol. The number of carbonyl (C=O) groups excluding carboxylic acids is 2. The third-order valence-electron chi connectivity index (χ3n) is 3.92. The van der Waals surface area contributed by atoms with Crippen molar-refractivity contribution in [1.82, 2.24) is 4.31 Å². The van der Waals surface area contributed by atoms with Gasteiger partial charge in [-0.3, -0.25) is 0 Å². The molecule has 1 aromatic carbocycles. The molecule has 1 aromatic rings. The largest absolute Gasteiger partial charge is 0.419 e. The third kappa shape index (κ3) is 3.64. The van der Waals surface area contributed by atoms with Crippen LogP contribution in [0.5, 0.6) is 0 Å². The average molecular weight is 381 g/mol. The molecule has 26 heavy (non-hydrogen) atoms. The Morgan fingerprint density at radius 2 is 1.62 bits per heavy atom. The Hall–Kier alpha value is -2.23. The number of ether oxygens (including phenoxy) is 3. The molecular weight excluding hydrogens is 362 g/mol. The quantitative estimate of drug-likeness (QED) is 0.436. The molecule has 0 unspecified atom stereocenters. The number of carbonyl (C=O) groups is 2. The second-order valence-electron chi connectivity index (χ2n) is 6.29. The maximum absolute atomic E-state index is 12.9.